The molecule has 0 aliphatic rings. The van der Waals surface area contributed by atoms with Crippen molar-refractivity contribution in [2.45, 2.75) is 39.0 Å². The van der Waals surface area contributed by atoms with Gasteiger partial charge in [0.1, 0.15) is 5.75 Å². The second-order valence-electron chi connectivity index (χ2n) is 8.17. The molecule has 0 aliphatic carbocycles. The highest BCUT2D eigenvalue weighted by molar-refractivity contribution is 6.10. The van der Waals surface area contributed by atoms with Gasteiger partial charge in [0.15, 0.2) is 0 Å². The van der Waals surface area contributed by atoms with Crippen LogP contribution < -0.4 is 15.4 Å². The monoisotopic (exact) mass is 488 g/mol. The molecule has 0 radical (unpaired) electrons. The molecule has 2 N–H and O–H groups in total. The summed E-state index contributed by atoms with van der Waals surface area (Å²) in [5.41, 5.74) is 2.58. The van der Waals surface area contributed by atoms with E-state index in [1.54, 1.807) is 48.5 Å². The zero-order chi connectivity index (χ0) is 25.6. The van der Waals surface area contributed by atoms with Crippen LogP contribution in [0.2, 0.25) is 0 Å². The zero-order valence-corrected chi connectivity index (χ0v) is 20.5. The molecule has 188 valence electrons. The van der Waals surface area contributed by atoms with Crippen LogP contribution in [0.4, 0.5) is 11.4 Å². The Bertz CT molecular complexity index is 1130. The van der Waals surface area contributed by atoms with E-state index in [4.69, 9.17) is 9.47 Å². The maximum absolute atomic E-state index is 12.8. The molecule has 0 bridgehead atoms. The second-order valence-corrected chi connectivity index (χ2v) is 8.17. The third-order valence-electron chi connectivity index (χ3n) is 5.37. The SMILES string of the molecule is CCOc1ccc(NC(=O)c2ccccc2NC(=O)CCCC(=O)OCCCc2ccccc2)cc1. The number of amides is 2. The van der Waals surface area contributed by atoms with Crippen molar-refractivity contribution in [1.82, 2.24) is 0 Å². The first kappa shape index (κ1) is 26.5. The van der Waals surface area contributed by atoms with Crippen molar-refractivity contribution in [3.8, 4) is 5.75 Å². The van der Waals surface area contributed by atoms with Gasteiger partial charge in [0.25, 0.3) is 5.91 Å². The van der Waals surface area contributed by atoms with E-state index in [9.17, 15) is 14.4 Å². The number of carbonyl (C=O) groups excluding carboxylic acids is 3. The maximum Gasteiger partial charge on any atom is 0.305 e. The molecular weight excluding hydrogens is 456 g/mol. The summed E-state index contributed by atoms with van der Waals surface area (Å²) in [6.45, 7) is 2.83. The lowest BCUT2D eigenvalue weighted by Gasteiger charge is -2.12. The number of nitrogens with one attached hydrogen (secondary N) is 2. The predicted molar refractivity (Wildman–Crippen MR) is 140 cm³/mol. The van der Waals surface area contributed by atoms with Crippen LogP contribution in [0.1, 0.15) is 48.5 Å². The van der Waals surface area contributed by atoms with Gasteiger partial charge in [-0.3, -0.25) is 14.4 Å². The molecule has 36 heavy (non-hydrogen) atoms. The minimum absolute atomic E-state index is 0.147. The lowest BCUT2D eigenvalue weighted by atomic mass is 10.1. The number of aryl methyl sites for hydroxylation is 1. The first-order valence-corrected chi connectivity index (χ1v) is 12.2. The lowest BCUT2D eigenvalue weighted by molar-refractivity contribution is -0.143. The molecule has 0 saturated carbocycles. The molecule has 0 heterocycles. The van der Waals surface area contributed by atoms with Crippen molar-refractivity contribution < 1.29 is 23.9 Å². The van der Waals surface area contributed by atoms with Crippen LogP contribution in [-0.4, -0.2) is 31.0 Å². The third kappa shape index (κ3) is 8.91. The van der Waals surface area contributed by atoms with Crippen molar-refractivity contribution in [3.05, 3.63) is 90.0 Å². The number of rotatable bonds is 13. The fraction of sp³-hybridized carbons (Fsp3) is 0.276. The standard InChI is InChI=1S/C29H32N2O5/c1-2-35-24-19-17-23(18-20-24)30-29(34)25-13-6-7-14-26(25)31-27(32)15-8-16-28(33)36-21-9-12-22-10-4-3-5-11-22/h3-7,10-11,13-14,17-20H,2,8-9,12,15-16,21H2,1H3,(H,30,34)(H,31,32). The van der Waals surface area contributed by atoms with Crippen molar-refractivity contribution in [2.75, 3.05) is 23.8 Å². The highest BCUT2D eigenvalue weighted by Crippen LogP contribution is 2.20. The number of benzene rings is 3. The van der Waals surface area contributed by atoms with Crippen molar-refractivity contribution >= 4 is 29.2 Å². The van der Waals surface area contributed by atoms with Gasteiger partial charge in [-0.25, -0.2) is 0 Å². The number of anilines is 2. The van der Waals surface area contributed by atoms with E-state index in [-0.39, 0.29) is 30.6 Å². The molecule has 0 fully saturated rings. The third-order valence-corrected chi connectivity index (χ3v) is 5.37. The molecule has 7 heteroatoms. The molecule has 3 aromatic rings. The Morgan fingerprint density at radius 1 is 0.778 bits per heavy atom. The quantitative estimate of drug-likeness (QED) is 0.240. The molecule has 0 aliphatic heterocycles. The van der Waals surface area contributed by atoms with E-state index in [2.05, 4.69) is 10.6 Å². The molecule has 0 unspecified atom stereocenters. The summed E-state index contributed by atoms with van der Waals surface area (Å²) in [7, 11) is 0. The summed E-state index contributed by atoms with van der Waals surface area (Å²) < 4.78 is 10.7. The Balaban J connectivity index is 1.40. The first-order chi connectivity index (χ1) is 17.5. The second kappa shape index (κ2) is 14.3. The van der Waals surface area contributed by atoms with Crippen LogP contribution in [0.5, 0.6) is 5.75 Å². The lowest BCUT2D eigenvalue weighted by Crippen LogP contribution is -2.18. The van der Waals surface area contributed by atoms with Crippen LogP contribution in [-0.2, 0) is 20.7 Å². The highest BCUT2D eigenvalue weighted by atomic mass is 16.5. The number of ether oxygens (including phenoxy) is 2. The predicted octanol–water partition coefficient (Wildman–Crippen LogP) is 5.62. The summed E-state index contributed by atoms with van der Waals surface area (Å²) in [5, 5.41) is 5.60. The molecule has 0 saturated heterocycles. The molecular formula is C29H32N2O5. The number of para-hydroxylation sites is 1. The summed E-state index contributed by atoms with van der Waals surface area (Å²) in [5.74, 6) is -0.201. The number of carbonyl (C=O) groups is 3. The maximum atomic E-state index is 12.8. The molecule has 0 atom stereocenters. The van der Waals surface area contributed by atoms with Crippen LogP contribution >= 0.6 is 0 Å². The van der Waals surface area contributed by atoms with E-state index in [1.807, 2.05) is 37.3 Å². The Hall–Kier alpha value is -4.13. The topological polar surface area (TPSA) is 93.7 Å². The molecule has 3 aromatic carbocycles. The van der Waals surface area contributed by atoms with Gasteiger partial charge in [-0.2, -0.15) is 0 Å². The zero-order valence-electron chi connectivity index (χ0n) is 20.5. The van der Waals surface area contributed by atoms with Gasteiger partial charge in [0, 0.05) is 18.5 Å². The van der Waals surface area contributed by atoms with Crippen LogP contribution in [0.3, 0.4) is 0 Å². The largest absolute Gasteiger partial charge is 0.494 e. The van der Waals surface area contributed by atoms with Gasteiger partial charge < -0.3 is 20.1 Å². The van der Waals surface area contributed by atoms with Gasteiger partial charge in [0.05, 0.1) is 24.5 Å². The fourth-order valence-electron chi connectivity index (χ4n) is 3.57. The summed E-state index contributed by atoms with van der Waals surface area (Å²) in [6, 6.07) is 23.9. The van der Waals surface area contributed by atoms with E-state index in [1.165, 1.54) is 5.56 Å². The molecule has 0 spiro atoms. The smallest absolute Gasteiger partial charge is 0.305 e. The fourth-order valence-corrected chi connectivity index (χ4v) is 3.57. The van der Waals surface area contributed by atoms with Crippen molar-refractivity contribution in [2.24, 2.45) is 0 Å². The molecule has 3 rings (SSSR count). The van der Waals surface area contributed by atoms with Crippen molar-refractivity contribution in [1.29, 1.82) is 0 Å². The van der Waals surface area contributed by atoms with E-state index >= 15 is 0 Å². The first-order valence-electron chi connectivity index (χ1n) is 12.2. The minimum Gasteiger partial charge on any atom is -0.494 e. The van der Waals surface area contributed by atoms with Gasteiger partial charge in [-0.15, -0.1) is 0 Å². The summed E-state index contributed by atoms with van der Waals surface area (Å²) in [4.78, 5) is 37.2. The number of hydrogen-bond acceptors (Lipinski definition) is 5. The van der Waals surface area contributed by atoms with Gasteiger partial charge in [-0.1, -0.05) is 42.5 Å². The minimum atomic E-state index is -0.339. The number of esters is 1. The Morgan fingerprint density at radius 3 is 2.25 bits per heavy atom. The van der Waals surface area contributed by atoms with Crippen LogP contribution in [0.15, 0.2) is 78.9 Å². The van der Waals surface area contributed by atoms with E-state index in [0.717, 1.165) is 18.6 Å². The number of hydrogen-bond donors (Lipinski definition) is 2. The summed E-state index contributed by atoms with van der Waals surface area (Å²) >= 11 is 0. The van der Waals surface area contributed by atoms with Gasteiger partial charge in [0.2, 0.25) is 5.91 Å². The van der Waals surface area contributed by atoms with E-state index in [0.29, 0.717) is 36.6 Å². The Morgan fingerprint density at radius 2 is 1.50 bits per heavy atom. The average molecular weight is 489 g/mol. The normalized spacial score (nSPS) is 10.4. The van der Waals surface area contributed by atoms with Crippen LogP contribution in [0, 0.1) is 0 Å². The Kier molecular flexibility index (Phi) is 10.5. The Labute approximate surface area is 211 Å². The molecule has 2 amide bonds. The van der Waals surface area contributed by atoms with Crippen LogP contribution in [0.25, 0.3) is 0 Å². The van der Waals surface area contributed by atoms with Gasteiger partial charge in [-0.05, 0) is 68.1 Å². The molecule has 0 aromatic heterocycles. The average Bonchev–Trinajstić information content (AvgIpc) is 2.89. The highest BCUT2D eigenvalue weighted by Gasteiger charge is 2.14. The summed E-state index contributed by atoms with van der Waals surface area (Å²) in [6.07, 6.45) is 2.28. The van der Waals surface area contributed by atoms with Crippen molar-refractivity contribution in [3.63, 3.8) is 0 Å². The van der Waals surface area contributed by atoms with Gasteiger partial charge >= 0.3 is 5.97 Å². The molecule has 7 nitrogen and oxygen atoms in total. The van der Waals surface area contributed by atoms with E-state index < -0.39 is 0 Å².